The van der Waals surface area contributed by atoms with E-state index >= 15 is 0 Å². The van der Waals surface area contributed by atoms with Crippen LogP contribution in [-0.2, 0) is 16.1 Å². The highest BCUT2D eigenvalue weighted by Gasteiger charge is 2.24. The molecule has 2 amide bonds. The second kappa shape index (κ2) is 7.53. The summed E-state index contributed by atoms with van der Waals surface area (Å²) in [7, 11) is 3.18. The lowest BCUT2D eigenvalue weighted by Gasteiger charge is -2.28. The minimum absolute atomic E-state index is 0.0445. The highest BCUT2D eigenvalue weighted by Crippen LogP contribution is 2.15. The van der Waals surface area contributed by atoms with Gasteiger partial charge in [0.15, 0.2) is 0 Å². The van der Waals surface area contributed by atoms with Gasteiger partial charge in [0.2, 0.25) is 11.8 Å². The van der Waals surface area contributed by atoms with E-state index in [1.165, 1.54) is 0 Å². The molecule has 5 nitrogen and oxygen atoms in total. The molecule has 1 rings (SSSR count). The Kier molecular flexibility index (Phi) is 6.03. The van der Waals surface area contributed by atoms with E-state index in [-0.39, 0.29) is 11.8 Å². The van der Waals surface area contributed by atoms with Gasteiger partial charge in [-0.2, -0.15) is 0 Å². The van der Waals surface area contributed by atoms with E-state index < -0.39 is 6.04 Å². The molecule has 110 valence electrons. The average molecular weight is 278 g/mol. The fourth-order valence-corrected chi connectivity index (χ4v) is 1.92. The van der Waals surface area contributed by atoms with Gasteiger partial charge in [0, 0.05) is 20.0 Å². The van der Waals surface area contributed by atoms with E-state index in [2.05, 4.69) is 5.32 Å². The SMILES string of the molecule is CCC(=O)N(Cc1ccc(OC)cc1)[C@H](C)C(=O)NC. The minimum Gasteiger partial charge on any atom is -0.497 e. The Hall–Kier alpha value is -2.04. The van der Waals surface area contributed by atoms with Crippen molar-refractivity contribution in [2.75, 3.05) is 14.2 Å². The third-order valence-corrected chi connectivity index (χ3v) is 3.23. The first kappa shape index (κ1) is 16.0. The lowest BCUT2D eigenvalue weighted by Crippen LogP contribution is -2.46. The molecule has 0 aliphatic carbocycles. The molecule has 0 saturated heterocycles. The summed E-state index contributed by atoms with van der Waals surface area (Å²) in [5.74, 6) is 0.554. The fourth-order valence-electron chi connectivity index (χ4n) is 1.92. The summed E-state index contributed by atoms with van der Waals surface area (Å²) in [5.41, 5.74) is 0.961. The number of carbonyl (C=O) groups excluding carboxylic acids is 2. The van der Waals surface area contributed by atoms with Crippen molar-refractivity contribution in [3.8, 4) is 5.75 Å². The van der Waals surface area contributed by atoms with E-state index in [0.29, 0.717) is 13.0 Å². The molecule has 0 unspecified atom stereocenters. The largest absolute Gasteiger partial charge is 0.497 e. The molecule has 1 atom stereocenters. The maximum Gasteiger partial charge on any atom is 0.242 e. The smallest absolute Gasteiger partial charge is 0.242 e. The van der Waals surface area contributed by atoms with E-state index in [4.69, 9.17) is 4.74 Å². The van der Waals surface area contributed by atoms with E-state index in [1.807, 2.05) is 24.3 Å². The number of methoxy groups -OCH3 is 1. The molecule has 1 aromatic rings. The number of carbonyl (C=O) groups is 2. The number of benzene rings is 1. The molecular weight excluding hydrogens is 256 g/mol. The van der Waals surface area contributed by atoms with Gasteiger partial charge >= 0.3 is 0 Å². The summed E-state index contributed by atoms with van der Waals surface area (Å²) in [6.45, 7) is 3.93. The summed E-state index contributed by atoms with van der Waals surface area (Å²) in [5, 5.41) is 2.58. The zero-order valence-corrected chi connectivity index (χ0v) is 12.5. The molecule has 0 bridgehead atoms. The van der Waals surface area contributed by atoms with Gasteiger partial charge in [0.1, 0.15) is 11.8 Å². The fraction of sp³-hybridized carbons (Fsp3) is 0.467. The molecule has 0 aliphatic heterocycles. The topological polar surface area (TPSA) is 58.6 Å². The quantitative estimate of drug-likeness (QED) is 0.859. The monoisotopic (exact) mass is 278 g/mol. The van der Waals surface area contributed by atoms with Crippen LogP contribution in [0.25, 0.3) is 0 Å². The third kappa shape index (κ3) is 3.98. The van der Waals surface area contributed by atoms with Crippen LogP contribution in [0.4, 0.5) is 0 Å². The zero-order chi connectivity index (χ0) is 15.1. The van der Waals surface area contributed by atoms with Crippen LogP contribution in [0.3, 0.4) is 0 Å². The summed E-state index contributed by atoms with van der Waals surface area (Å²) < 4.78 is 5.10. The van der Waals surface area contributed by atoms with Crippen molar-refractivity contribution in [3.05, 3.63) is 29.8 Å². The van der Waals surface area contributed by atoms with Gasteiger partial charge in [-0.3, -0.25) is 9.59 Å². The Morgan fingerprint density at radius 1 is 1.30 bits per heavy atom. The number of nitrogens with zero attached hydrogens (tertiary/aromatic N) is 1. The summed E-state index contributed by atoms with van der Waals surface area (Å²) >= 11 is 0. The highest BCUT2D eigenvalue weighted by atomic mass is 16.5. The molecule has 0 fully saturated rings. The number of hydrogen-bond donors (Lipinski definition) is 1. The van der Waals surface area contributed by atoms with Gasteiger partial charge in [-0.05, 0) is 24.6 Å². The van der Waals surface area contributed by atoms with Crippen molar-refractivity contribution in [1.82, 2.24) is 10.2 Å². The predicted octanol–water partition coefficient (Wildman–Crippen LogP) is 1.57. The number of nitrogens with one attached hydrogen (secondary N) is 1. The first-order chi connectivity index (χ1) is 9.53. The lowest BCUT2D eigenvalue weighted by molar-refractivity contribution is -0.140. The molecule has 1 N–H and O–H groups in total. The summed E-state index contributed by atoms with van der Waals surface area (Å²) in [6, 6.07) is 6.98. The molecule has 0 aliphatic rings. The van der Waals surface area contributed by atoms with Gasteiger partial charge in [-0.1, -0.05) is 19.1 Å². The van der Waals surface area contributed by atoms with Crippen molar-refractivity contribution in [3.63, 3.8) is 0 Å². The maximum atomic E-state index is 12.0. The van der Waals surface area contributed by atoms with Crippen LogP contribution in [0.5, 0.6) is 5.75 Å². The summed E-state index contributed by atoms with van der Waals surface area (Å²) in [4.78, 5) is 25.3. The Morgan fingerprint density at radius 3 is 2.35 bits per heavy atom. The second-order valence-electron chi connectivity index (χ2n) is 4.51. The molecule has 0 aromatic heterocycles. The molecule has 0 radical (unpaired) electrons. The minimum atomic E-state index is -0.491. The van der Waals surface area contributed by atoms with Crippen molar-refractivity contribution < 1.29 is 14.3 Å². The number of ether oxygens (including phenoxy) is 1. The Morgan fingerprint density at radius 2 is 1.90 bits per heavy atom. The predicted molar refractivity (Wildman–Crippen MR) is 77.4 cm³/mol. The van der Waals surface area contributed by atoms with Crippen molar-refractivity contribution in [2.24, 2.45) is 0 Å². The number of hydrogen-bond acceptors (Lipinski definition) is 3. The van der Waals surface area contributed by atoms with Crippen LogP contribution in [-0.4, -0.2) is 36.9 Å². The van der Waals surface area contributed by atoms with E-state index in [0.717, 1.165) is 11.3 Å². The standard InChI is InChI=1S/C15H22N2O3/c1-5-14(18)17(11(2)15(19)16-3)10-12-6-8-13(20-4)9-7-12/h6-9,11H,5,10H2,1-4H3,(H,16,19)/t11-/m1/s1. The Balaban J connectivity index is 2.88. The normalized spacial score (nSPS) is 11.6. The van der Waals surface area contributed by atoms with Gasteiger partial charge in [-0.25, -0.2) is 0 Å². The van der Waals surface area contributed by atoms with Crippen molar-refractivity contribution in [2.45, 2.75) is 32.9 Å². The maximum absolute atomic E-state index is 12.0. The molecule has 0 spiro atoms. The molecule has 0 saturated carbocycles. The van der Waals surface area contributed by atoms with Crippen molar-refractivity contribution >= 4 is 11.8 Å². The van der Waals surface area contributed by atoms with Crippen molar-refractivity contribution in [1.29, 1.82) is 0 Å². The molecule has 5 heteroatoms. The highest BCUT2D eigenvalue weighted by molar-refractivity contribution is 5.87. The van der Waals surface area contributed by atoms with Crippen LogP contribution in [0.15, 0.2) is 24.3 Å². The van der Waals surface area contributed by atoms with E-state index in [1.54, 1.807) is 32.9 Å². The Labute approximate surface area is 119 Å². The van der Waals surface area contributed by atoms with Crippen LogP contribution in [0.2, 0.25) is 0 Å². The molecule has 0 heterocycles. The second-order valence-corrected chi connectivity index (χ2v) is 4.51. The van der Waals surface area contributed by atoms with Crippen LogP contribution < -0.4 is 10.1 Å². The van der Waals surface area contributed by atoms with Gasteiger partial charge in [0.25, 0.3) is 0 Å². The molecule has 20 heavy (non-hydrogen) atoms. The van der Waals surface area contributed by atoms with Crippen LogP contribution in [0.1, 0.15) is 25.8 Å². The van der Waals surface area contributed by atoms with E-state index in [9.17, 15) is 9.59 Å². The lowest BCUT2D eigenvalue weighted by atomic mass is 10.1. The summed E-state index contributed by atoms with van der Waals surface area (Å²) in [6.07, 6.45) is 0.373. The number of rotatable bonds is 6. The first-order valence-electron chi connectivity index (χ1n) is 6.67. The Bertz CT molecular complexity index is 457. The van der Waals surface area contributed by atoms with Gasteiger partial charge in [-0.15, -0.1) is 0 Å². The number of amides is 2. The number of likely N-dealkylation sites (N-methyl/N-ethyl adjacent to an activating group) is 1. The van der Waals surface area contributed by atoms with Crippen LogP contribution in [0, 0.1) is 0 Å². The average Bonchev–Trinajstić information content (AvgIpc) is 2.50. The molecule has 1 aromatic carbocycles. The third-order valence-electron chi connectivity index (χ3n) is 3.23. The zero-order valence-electron chi connectivity index (χ0n) is 12.5. The molecular formula is C15H22N2O3. The van der Waals surface area contributed by atoms with Gasteiger partial charge < -0.3 is 15.0 Å². The van der Waals surface area contributed by atoms with Gasteiger partial charge in [0.05, 0.1) is 7.11 Å². The first-order valence-corrected chi connectivity index (χ1v) is 6.67. The van der Waals surface area contributed by atoms with Crippen LogP contribution >= 0.6 is 0 Å².